The average Bonchev–Trinajstić information content (AvgIpc) is 2.74. The molecule has 1 heterocycles. The molecule has 1 saturated heterocycles. The van der Waals surface area contributed by atoms with Gasteiger partial charge in [-0.05, 0) is 24.1 Å². The van der Waals surface area contributed by atoms with Crippen molar-refractivity contribution in [3.63, 3.8) is 0 Å². The summed E-state index contributed by atoms with van der Waals surface area (Å²) >= 11 is 0. The highest BCUT2D eigenvalue weighted by Gasteiger charge is 2.39. The minimum atomic E-state index is -1.49. The molecule has 0 aromatic heterocycles. The molecule has 11 heteroatoms. The number of nitrogens with one attached hydrogen (secondary N) is 1. The molecule has 0 spiro atoms. The molecule has 0 radical (unpaired) electrons. The van der Waals surface area contributed by atoms with Gasteiger partial charge >= 0.3 is 6.15 Å². The van der Waals surface area contributed by atoms with Gasteiger partial charge < -0.3 is 34.8 Å². The fourth-order valence-corrected chi connectivity index (χ4v) is 2.74. The molecule has 4 atom stereocenters. The predicted molar refractivity (Wildman–Crippen MR) is 103 cm³/mol. The normalized spacial score (nSPS) is 22.8. The lowest BCUT2D eigenvalue weighted by Crippen LogP contribution is -2.54. The molecule has 0 saturated carbocycles. The van der Waals surface area contributed by atoms with Crippen LogP contribution in [-0.4, -0.2) is 65.0 Å². The minimum absolute atomic E-state index is 0.158. The van der Waals surface area contributed by atoms with Crippen LogP contribution in [-0.2, 0) is 35.3 Å². The number of carbonyl (C=O) groups excluding carboxylic acids is 4. The molecule has 0 aliphatic carbocycles. The van der Waals surface area contributed by atoms with E-state index in [2.05, 4.69) is 10.1 Å². The van der Waals surface area contributed by atoms with E-state index >= 15 is 0 Å². The first-order valence-electron chi connectivity index (χ1n) is 10.1. The summed E-state index contributed by atoms with van der Waals surface area (Å²) in [6.07, 6.45) is -3.41. The Morgan fingerprint density at radius 3 is 2.68 bits per heavy atom. The first kappa shape index (κ1) is 24.4. The highest BCUT2D eigenvalue weighted by Crippen LogP contribution is 2.30. The van der Waals surface area contributed by atoms with Crippen molar-refractivity contribution in [1.29, 1.82) is 0 Å². The van der Waals surface area contributed by atoms with Crippen LogP contribution in [0, 0.1) is 0 Å². The largest absolute Gasteiger partial charge is 0.463 e. The quantitative estimate of drug-likeness (QED) is 0.304. The Kier molecular flexibility index (Phi) is 11.2. The van der Waals surface area contributed by atoms with Crippen LogP contribution in [0.25, 0.3) is 0 Å². The molecule has 1 aromatic carbocycles. The van der Waals surface area contributed by atoms with Crippen LogP contribution < -0.4 is 10.1 Å². The van der Waals surface area contributed by atoms with Crippen LogP contribution in [0.1, 0.15) is 39.5 Å². The van der Waals surface area contributed by atoms with Gasteiger partial charge in [0.1, 0.15) is 30.7 Å². The van der Waals surface area contributed by atoms with Gasteiger partial charge in [0, 0.05) is 6.42 Å². The number of hydrogen-bond donors (Lipinski definition) is 4. The van der Waals surface area contributed by atoms with E-state index in [9.17, 15) is 24.9 Å². The maximum absolute atomic E-state index is 12.2. The zero-order valence-electron chi connectivity index (χ0n) is 18.0. The number of amides is 1. The molecular formula is C20H27NO10. The number of hydrogen-bond acceptors (Lipinski definition) is 10. The van der Waals surface area contributed by atoms with Crippen LogP contribution in [0.2, 0.25) is 0 Å². The minimum Gasteiger partial charge on any atom is -0.463 e. The predicted octanol–water partition coefficient (Wildman–Crippen LogP) is 0.113. The summed E-state index contributed by atoms with van der Waals surface area (Å²) in [4.78, 5) is 39.2. The number of rotatable bonds is 9. The van der Waals surface area contributed by atoms with E-state index < -0.39 is 31.1 Å². The SMILES string of the molecule is O=C=O.[2H]C(=O)OCc1ccc(OC2OCC(O)C(O)C2O)c(NC(=O)CCCCC)c1. The summed E-state index contributed by atoms with van der Waals surface area (Å²) in [5, 5.41) is 32.1. The second kappa shape index (κ2) is 14.2. The molecule has 1 aliphatic rings. The van der Waals surface area contributed by atoms with E-state index in [0.717, 1.165) is 19.3 Å². The highest BCUT2D eigenvalue weighted by molar-refractivity contribution is 5.92. The Balaban J connectivity index is 0.00000161. The van der Waals surface area contributed by atoms with Crippen LogP contribution >= 0.6 is 0 Å². The summed E-state index contributed by atoms with van der Waals surface area (Å²) in [6.45, 7) is 1.65. The third kappa shape index (κ3) is 8.83. The van der Waals surface area contributed by atoms with Gasteiger partial charge in [-0.1, -0.05) is 25.8 Å². The molecule has 0 bridgehead atoms. The molecule has 172 valence electrons. The molecule has 1 amide bonds. The lowest BCUT2D eigenvalue weighted by Gasteiger charge is -2.35. The lowest BCUT2D eigenvalue weighted by atomic mass is 10.1. The van der Waals surface area contributed by atoms with E-state index in [1.807, 2.05) is 6.92 Å². The third-order valence-corrected chi connectivity index (χ3v) is 4.32. The standard InChI is InChI=1S/C19H27NO8.CO2/c1-2-3-4-5-16(23)20-13-8-12(9-26-11-21)6-7-15(13)28-19-18(25)17(24)14(22)10-27-19;2-1-3/h6-8,11,14,17-19,22,24-25H,2-5,9-10H2,1H3,(H,20,23);/i11D;. The first-order valence-corrected chi connectivity index (χ1v) is 9.61. The number of benzene rings is 1. The van der Waals surface area contributed by atoms with E-state index in [1.165, 1.54) is 12.1 Å². The van der Waals surface area contributed by atoms with Gasteiger partial charge in [0.05, 0.1) is 12.3 Å². The fraction of sp³-hybridized carbons (Fsp3) is 0.550. The van der Waals surface area contributed by atoms with E-state index in [-0.39, 0.29) is 36.7 Å². The van der Waals surface area contributed by atoms with Crippen molar-refractivity contribution in [3.8, 4) is 5.75 Å². The summed E-state index contributed by atoms with van der Waals surface area (Å²) in [5.41, 5.74) is 0.781. The molecule has 31 heavy (non-hydrogen) atoms. The maximum Gasteiger partial charge on any atom is 0.373 e. The van der Waals surface area contributed by atoms with Crippen LogP contribution in [0.4, 0.5) is 5.69 Å². The van der Waals surface area contributed by atoms with Crippen molar-refractivity contribution in [2.45, 2.75) is 63.8 Å². The van der Waals surface area contributed by atoms with Crippen molar-refractivity contribution >= 4 is 24.2 Å². The summed E-state index contributed by atoms with van der Waals surface area (Å²) in [6, 6.07) is 4.57. The molecule has 11 nitrogen and oxygen atoms in total. The third-order valence-electron chi connectivity index (χ3n) is 4.32. The van der Waals surface area contributed by atoms with Crippen LogP contribution in [0.15, 0.2) is 18.2 Å². The lowest BCUT2D eigenvalue weighted by molar-refractivity contribution is -0.241. The average molecular weight is 442 g/mol. The van der Waals surface area contributed by atoms with Gasteiger partial charge in [0.15, 0.2) is 1.37 Å². The van der Waals surface area contributed by atoms with Crippen molar-refractivity contribution in [1.82, 2.24) is 0 Å². The molecule has 2 rings (SSSR count). The Morgan fingerprint density at radius 2 is 2.03 bits per heavy atom. The van der Waals surface area contributed by atoms with Crippen LogP contribution in [0.5, 0.6) is 5.75 Å². The molecular weight excluding hydrogens is 414 g/mol. The van der Waals surface area contributed by atoms with Crippen LogP contribution in [0.3, 0.4) is 0 Å². The molecule has 1 fully saturated rings. The van der Waals surface area contributed by atoms with Gasteiger partial charge in [-0.2, -0.15) is 9.59 Å². The smallest absolute Gasteiger partial charge is 0.373 e. The second-order valence-corrected chi connectivity index (χ2v) is 6.66. The Bertz CT molecular complexity index is 784. The number of ether oxygens (including phenoxy) is 3. The zero-order valence-corrected chi connectivity index (χ0v) is 17.0. The number of unbranched alkanes of at least 4 members (excludes halogenated alkanes) is 2. The summed E-state index contributed by atoms with van der Waals surface area (Å²) in [5.74, 6) is -0.0686. The number of aliphatic hydroxyl groups is 3. The molecule has 4 N–H and O–H groups in total. The van der Waals surface area contributed by atoms with E-state index in [0.29, 0.717) is 12.0 Å². The summed E-state index contributed by atoms with van der Waals surface area (Å²) in [7, 11) is 0. The molecule has 1 aromatic rings. The Morgan fingerprint density at radius 1 is 1.32 bits per heavy atom. The number of aliphatic hydroxyl groups excluding tert-OH is 3. The van der Waals surface area contributed by atoms with Crippen molar-refractivity contribution in [2.75, 3.05) is 11.9 Å². The van der Waals surface area contributed by atoms with E-state index in [4.69, 9.17) is 20.4 Å². The summed E-state index contributed by atoms with van der Waals surface area (Å²) < 4.78 is 22.3. The Labute approximate surface area is 180 Å². The molecule has 1 aliphatic heterocycles. The highest BCUT2D eigenvalue weighted by atomic mass is 16.7. The van der Waals surface area contributed by atoms with Crippen molar-refractivity contribution in [3.05, 3.63) is 23.8 Å². The fourth-order valence-electron chi connectivity index (χ4n) is 2.74. The van der Waals surface area contributed by atoms with Gasteiger partial charge in [-0.15, -0.1) is 0 Å². The van der Waals surface area contributed by atoms with E-state index in [1.54, 1.807) is 6.07 Å². The van der Waals surface area contributed by atoms with Gasteiger partial charge in [0.25, 0.3) is 6.45 Å². The Hall–Kier alpha value is -2.82. The topological polar surface area (TPSA) is 169 Å². The zero-order chi connectivity index (χ0) is 24.1. The van der Waals surface area contributed by atoms with Crippen molar-refractivity contribution < 1.29 is 50.1 Å². The number of carbonyl (C=O) groups is 2. The number of anilines is 1. The van der Waals surface area contributed by atoms with Gasteiger partial charge in [-0.3, -0.25) is 9.59 Å². The van der Waals surface area contributed by atoms with Gasteiger partial charge in [0.2, 0.25) is 12.2 Å². The monoisotopic (exact) mass is 442 g/mol. The maximum atomic E-state index is 12.2. The van der Waals surface area contributed by atoms with Crippen molar-refractivity contribution in [2.24, 2.45) is 0 Å². The molecule has 4 unspecified atom stereocenters. The van der Waals surface area contributed by atoms with Gasteiger partial charge in [-0.25, -0.2) is 0 Å². The second-order valence-electron chi connectivity index (χ2n) is 6.66. The first-order chi connectivity index (χ1) is 15.2.